The van der Waals surface area contributed by atoms with Gasteiger partial charge in [-0.2, -0.15) is 0 Å². The average molecular weight is 420 g/mol. The molecule has 2 radical (unpaired) electrons. The first-order valence-electron chi connectivity index (χ1n) is 11.8. The summed E-state index contributed by atoms with van der Waals surface area (Å²) in [4.78, 5) is 0. The molecule has 0 fully saturated rings. The molecule has 0 spiro atoms. The first-order valence-corrected chi connectivity index (χ1v) is 11.8. The maximum atomic E-state index is 6.14. The van der Waals surface area contributed by atoms with Crippen molar-refractivity contribution in [1.82, 2.24) is 0 Å². The zero-order valence-corrected chi connectivity index (χ0v) is 18.7. The number of hydrogen-bond donors (Lipinski definition) is 0. The van der Waals surface area contributed by atoms with Gasteiger partial charge in [-0.1, -0.05) is 115 Å². The maximum Gasteiger partial charge on any atom is 0.113 e. The molecule has 6 rings (SSSR count). The molecule has 0 aromatic heterocycles. The van der Waals surface area contributed by atoms with Gasteiger partial charge < -0.3 is 0 Å². The van der Waals surface area contributed by atoms with Crippen molar-refractivity contribution >= 4 is 35.7 Å². The molecule has 4 aromatic rings. The third-order valence-electron chi connectivity index (χ3n) is 7.04. The van der Waals surface area contributed by atoms with Gasteiger partial charge in [-0.3, -0.25) is 0 Å². The lowest BCUT2D eigenvalue weighted by Gasteiger charge is -2.29. The number of hydrogen-bond acceptors (Lipinski definition) is 0. The van der Waals surface area contributed by atoms with Crippen LogP contribution in [0.4, 0.5) is 0 Å². The molecule has 0 amide bonds. The van der Waals surface area contributed by atoms with Crippen molar-refractivity contribution in [2.75, 3.05) is 0 Å². The van der Waals surface area contributed by atoms with Crippen molar-refractivity contribution in [1.29, 1.82) is 0 Å². The van der Waals surface area contributed by atoms with Crippen LogP contribution in [0.25, 0.3) is 33.5 Å². The minimum atomic E-state index is 0.384. The minimum Gasteiger partial charge on any atom is -0.0961 e. The molecule has 4 aromatic carbocycles. The Kier molecular flexibility index (Phi) is 5.11. The standard InChI is InChI=1S/C32H25B/c33-26-15-9-14-24(20-26)25-18-19-29-30(21-25)32(23-12-5-2-6-13-23)28-17-8-7-16-27(28)31(29)22-10-3-1-4-11-22/h1-12,14-17,20-21,23H,13,18-19H2. The quantitative estimate of drug-likeness (QED) is 0.303. The van der Waals surface area contributed by atoms with Crippen molar-refractivity contribution in [3.05, 3.63) is 125 Å². The van der Waals surface area contributed by atoms with E-state index < -0.39 is 0 Å². The summed E-state index contributed by atoms with van der Waals surface area (Å²) in [5.41, 5.74) is 10.5. The Labute approximate surface area is 197 Å². The first kappa shape index (κ1) is 20.1. The summed E-state index contributed by atoms with van der Waals surface area (Å²) >= 11 is 0. The van der Waals surface area contributed by atoms with Crippen LogP contribution < -0.4 is 5.46 Å². The molecular formula is C32H25B. The van der Waals surface area contributed by atoms with Crippen molar-refractivity contribution in [3.8, 4) is 11.1 Å². The SMILES string of the molecule is [B]c1cccc(C2=Cc3c(c(-c4ccccc4)c4ccccc4c3C3C=CC=CC3)CC2)c1. The zero-order chi connectivity index (χ0) is 22.2. The van der Waals surface area contributed by atoms with Gasteiger partial charge in [0.05, 0.1) is 0 Å². The fourth-order valence-corrected chi connectivity index (χ4v) is 5.57. The van der Waals surface area contributed by atoms with E-state index in [4.69, 9.17) is 7.85 Å². The van der Waals surface area contributed by atoms with Gasteiger partial charge in [0.1, 0.15) is 7.85 Å². The molecule has 0 aliphatic heterocycles. The summed E-state index contributed by atoms with van der Waals surface area (Å²) < 4.78 is 0. The summed E-state index contributed by atoms with van der Waals surface area (Å²) in [6.07, 6.45) is 14.6. The summed E-state index contributed by atoms with van der Waals surface area (Å²) in [5.74, 6) is 0.384. The Morgan fingerprint density at radius 1 is 0.727 bits per heavy atom. The van der Waals surface area contributed by atoms with E-state index in [1.54, 1.807) is 0 Å². The highest BCUT2D eigenvalue weighted by Crippen LogP contribution is 2.46. The molecule has 0 saturated carbocycles. The van der Waals surface area contributed by atoms with Gasteiger partial charge in [0.2, 0.25) is 0 Å². The number of fused-ring (bicyclic) bond motifs is 2. The van der Waals surface area contributed by atoms with E-state index in [0.717, 1.165) is 24.7 Å². The van der Waals surface area contributed by atoms with Gasteiger partial charge in [-0.25, -0.2) is 0 Å². The Bertz CT molecular complexity index is 1440. The van der Waals surface area contributed by atoms with Crippen LogP contribution in [0.1, 0.15) is 41.0 Å². The molecule has 0 heterocycles. The van der Waals surface area contributed by atoms with Gasteiger partial charge in [-0.15, -0.1) is 0 Å². The van der Waals surface area contributed by atoms with Crippen LogP contribution in [0.5, 0.6) is 0 Å². The summed E-state index contributed by atoms with van der Waals surface area (Å²) in [6, 6.07) is 28.2. The van der Waals surface area contributed by atoms with E-state index in [1.807, 2.05) is 6.07 Å². The molecule has 1 unspecified atom stereocenters. The second kappa shape index (κ2) is 8.41. The summed E-state index contributed by atoms with van der Waals surface area (Å²) in [7, 11) is 6.14. The molecule has 0 nitrogen and oxygen atoms in total. The Morgan fingerprint density at radius 2 is 1.52 bits per heavy atom. The van der Waals surface area contributed by atoms with Crippen LogP contribution >= 0.6 is 0 Å². The lowest BCUT2D eigenvalue weighted by atomic mass is 9.75. The minimum absolute atomic E-state index is 0.384. The van der Waals surface area contributed by atoms with E-state index in [2.05, 4.69) is 103 Å². The second-order valence-electron chi connectivity index (χ2n) is 9.04. The fourth-order valence-electron chi connectivity index (χ4n) is 5.57. The zero-order valence-electron chi connectivity index (χ0n) is 18.7. The smallest absolute Gasteiger partial charge is 0.0961 e. The highest BCUT2D eigenvalue weighted by Gasteiger charge is 2.26. The molecule has 0 N–H and O–H groups in total. The van der Waals surface area contributed by atoms with E-state index in [1.165, 1.54) is 49.7 Å². The monoisotopic (exact) mass is 420 g/mol. The second-order valence-corrected chi connectivity index (χ2v) is 9.04. The molecule has 2 aliphatic carbocycles. The highest BCUT2D eigenvalue weighted by atomic mass is 14.3. The van der Waals surface area contributed by atoms with Gasteiger partial charge in [0, 0.05) is 5.92 Å². The molecule has 2 aliphatic rings. The van der Waals surface area contributed by atoms with E-state index in [-0.39, 0.29) is 0 Å². The molecule has 1 atom stereocenters. The van der Waals surface area contributed by atoms with Crippen molar-refractivity contribution in [2.24, 2.45) is 0 Å². The molecule has 156 valence electrons. The molecule has 0 saturated heterocycles. The number of rotatable bonds is 3. The summed E-state index contributed by atoms with van der Waals surface area (Å²) in [5, 5.41) is 2.73. The molecule has 33 heavy (non-hydrogen) atoms. The topological polar surface area (TPSA) is 0 Å². The third-order valence-corrected chi connectivity index (χ3v) is 7.04. The van der Waals surface area contributed by atoms with Crippen LogP contribution in [0, 0.1) is 0 Å². The first-order chi connectivity index (χ1) is 16.3. The fraction of sp³-hybridized carbons (Fsp3) is 0.125. The maximum absolute atomic E-state index is 6.14. The number of allylic oxidation sites excluding steroid dienone is 5. The van der Waals surface area contributed by atoms with E-state index in [9.17, 15) is 0 Å². The molecule has 1 heteroatoms. The average Bonchev–Trinajstić information content (AvgIpc) is 2.88. The molecule has 0 bridgehead atoms. The van der Waals surface area contributed by atoms with Gasteiger partial charge >= 0.3 is 0 Å². The van der Waals surface area contributed by atoms with E-state index in [0.29, 0.717) is 5.92 Å². The van der Waals surface area contributed by atoms with Crippen LogP contribution in [-0.4, -0.2) is 7.85 Å². The van der Waals surface area contributed by atoms with Crippen LogP contribution in [-0.2, 0) is 6.42 Å². The van der Waals surface area contributed by atoms with Gasteiger partial charge in [0.15, 0.2) is 0 Å². The Hall–Kier alpha value is -3.58. The summed E-state index contributed by atoms with van der Waals surface area (Å²) in [6.45, 7) is 0. The Morgan fingerprint density at radius 3 is 2.30 bits per heavy atom. The lowest BCUT2D eigenvalue weighted by Crippen LogP contribution is -2.10. The Balaban J connectivity index is 1.68. The molecular weight excluding hydrogens is 395 g/mol. The number of benzene rings is 4. The normalized spacial score (nSPS) is 17.1. The van der Waals surface area contributed by atoms with Crippen LogP contribution in [0.2, 0.25) is 0 Å². The predicted octanol–water partition coefficient (Wildman–Crippen LogP) is 7.39. The van der Waals surface area contributed by atoms with Crippen molar-refractivity contribution in [3.63, 3.8) is 0 Å². The lowest BCUT2D eigenvalue weighted by molar-refractivity contribution is 0.853. The van der Waals surface area contributed by atoms with Crippen molar-refractivity contribution in [2.45, 2.75) is 25.2 Å². The van der Waals surface area contributed by atoms with Gasteiger partial charge in [-0.05, 0) is 69.0 Å². The highest BCUT2D eigenvalue weighted by molar-refractivity contribution is 6.32. The van der Waals surface area contributed by atoms with Crippen molar-refractivity contribution < 1.29 is 0 Å². The van der Waals surface area contributed by atoms with Gasteiger partial charge in [0.25, 0.3) is 0 Å². The third kappa shape index (κ3) is 3.58. The largest absolute Gasteiger partial charge is 0.113 e. The van der Waals surface area contributed by atoms with Crippen LogP contribution in [0.15, 0.2) is 103 Å². The van der Waals surface area contributed by atoms with E-state index >= 15 is 0 Å². The predicted molar refractivity (Wildman–Crippen MR) is 143 cm³/mol. The van der Waals surface area contributed by atoms with Crippen LogP contribution in [0.3, 0.4) is 0 Å².